The minimum atomic E-state index is -0.780. The van der Waals surface area contributed by atoms with Gasteiger partial charge in [-0.25, -0.2) is 0 Å². The zero-order chi connectivity index (χ0) is 13.3. The molecule has 0 heterocycles. The smallest absolute Gasteiger partial charge is 0.0940 e. The Labute approximate surface area is 114 Å². The van der Waals surface area contributed by atoms with Crippen molar-refractivity contribution in [1.82, 2.24) is 0 Å². The summed E-state index contributed by atoms with van der Waals surface area (Å²) >= 11 is 0. The summed E-state index contributed by atoms with van der Waals surface area (Å²) in [5.74, 6) is 0. The second-order valence-electron chi connectivity index (χ2n) is 5.18. The van der Waals surface area contributed by atoms with E-state index < -0.39 is 5.60 Å². The van der Waals surface area contributed by atoms with Crippen LogP contribution >= 0.6 is 0 Å². The lowest BCUT2D eigenvalue weighted by molar-refractivity contribution is 0.0324. The predicted molar refractivity (Wildman–Crippen MR) is 79.7 cm³/mol. The average Bonchev–Trinajstić information content (AvgIpc) is 2.45. The van der Waals surface area contributed by atoms with Gasteiger partial charge in [-0.15, -0.1) is 0 Å². The van der Waals surface area contributed by atoms with Crippen molar-refractivity contribution in [3.05, 3.63) is 70.8 Å². The fraction of sp³-hybridized carbons (Fsp3) is 0.222. The Morgan fingerprint density at radius 2 is 1.58 bits per heavy atom. The lowest BCUT2D eigenvalue weighted by Crippen LogP contribution is -2.29. The molecular formula is C18H18O. The number of rotatable bonds is 1. The molecule has 19 heavy (non-hydrogen) atoms. The van der Waals surface area contributed by atoms with Gasteiger partial charge in [-0.2, -0.15) is 0 Å². The van der Waals surface area contributed by atoms with E-state index in [1.165, 1.54) is 11.1 Å². The quantitative estimate of drug-likeness (QED) is 0.810. The van der Waals surface area contributed by atoms with E-state index in [1.54, 1.807) is 0 Å². The number of fused-ring (bicyclic) bond motifs is 2. The monoisotopic (exact) mass is 250 g/mol. The van der Waals surface area contributed by atoms with Crippen molar-refractivity contribution in [2.24, 2.45) is 0 Å². The first kappa shape index (κ1) is 12.2. The maximum Gasteiger partial charge on any atom is 0.0940 e. The average molecular weight is 250 g/mol. The third-order valence-electron chi connectivity index (χ3n) is 4.03. The molecule has 0 radical (unpaired) electrons. The highest BCUT2D eigenvalue weighted by molar-refractivity contribution is 5.74. The molecule has 0 aromatic heterocycles. The van der Waals surface area contributed by atoms with Gasteiger partial charge in [-0.1, -0.05) is 67.6 Å². The first-order valence-corrected chi connectivity index (χ1v) is 6.81. The van der Waals surface area contributed by atoms with E-state index in [0.717, 1.165) is 11.1 Å². The van der Waals surface area contributed by atoms with Crippen molar-refractivity contribution in [2.45, 2.75) is 25.4 Å². The number of benzene rings is 2. The highest BCUT2D eigenvalue weighted by Crippen LogP contribution is 2.35. The van der Waals surface area contributed by atoms with Gasteiger partial charge in [0.1, 0.15) is 0 Å². The van der Waals surface area contributed by atoms with Crippen LogP contribution in [-0.2, 0) is 12.0 Å². The number of hydrogen-bond donors (Lipinski definition) is 1. The zero-order valence-electron chi connectivity index (χ0n) is 11.1. The van der Waals surface area contributed by atoms with E-state index in [-0.39, 0.29) is 0 Å². The molecule has 2 aromatic rings. The Hall–Kier alpha value is -1.86. The molecule has 3 rings (SSSR count). The largest absolute Gasteiger partial charge is 0.385 e. The van der Waals surface area contributed by atoms with Crippen LogP contribution in [0.5, 0.6) is 0 Å². The van der Waals surface area contributed by atoms with Crippen LogP contribution in [0.15, 0.2) is 48.5 Å². The fourth-order valence-electron chi connectivity index (χ4n) is 2.83. The van der Waals surface area contributed by atoms with Crippen LogP contribution < -0.4 is 0 Å². The maximum absolute atomic E-state index is 11.1. The van der Waals surface area contributed by atoms with Crippen LogP contribution in [0.4, 0.5) is 0 Å². The molecule has 0 saturated carbocycles. The molecule has 1 nitrogen and oxygen atoms in total. The highest BCUT2D eigenvalue weighted by Gasteiger charge is 2.30. The summed E-state index contributed by atoms with van der Waals surface area (Å²) in [6, 6.07) is 16.4. The number of aliphatic hydroxyl groups is 1. The van der Waals surface area contributed by atoms with Gasteiger partial charge in [0.15, 0.2) is 0 Å². The summed E-state index contributed by atoms with van der Waals surface area (Å²) in [4.78, 5) is 0. The van der Waals surface area contributed by atoms with E-state index in [0.29, 0.717) is 12.8 Å². The van der Waals surface area contributed by atoms with Crippen LogP contribution in [0.1, 0.15) is 35.6 Å². The van der Waals surface area contributed by atoms with Crippen LogP contribution in [0, 0.1) is 0 Å². The predicted octanol–water partition coefficient (Wildman–Crippen LogP) is 4.01. The van der Waals surface area contributed by atoms with Gasteiger partial charge >= 0.3 is 0 Å². The maximum atomic E-state index is 11.1. The second kappa shape index (κ2) is 4.67. The molecule has 0 bridgehead atoms. The summed E-state index contributed by atoms with van der Waals surface area (Å²) in [5, 5.41) is 11.1. The molecule has 96 valence electrons. The molecular weight excluding hydrogens is 232 g/mol. The first-order valence-electron chi connectivity index (χ1n) is 6.81. The minimum absolute atomic E-state index is 0.668. The third-order valence-corrected chi connectivity index (χ3v) is 4.03. The van der Waals surface area contributed by atoms with Gasteiger partial charge in [0.25, 0.3) is 0 Å². The van der Waals surface area contributed by atoms with E-state index in [1.807, 2.05) is 37.3 Å². The lowest BCUT2D eigenvalue weighted by atomic mass is 9.80. The van der Waals surface area contributed by atoms with E-state index in [2.05, 4.69) is 30.4 Å². The molecule has 0 fully saturated rings. The van der Waals surface area contributed by atoms with Gasteiger partial charge < -0.3 is 5.11 Å². The fourth-order valence-corrected chi connectivity index (χ4v) is 2.83. The summed E-state index contributed by atoms with van der Waals surface area (Å²) in [7, 11) is 0. The molecule has 1 heteroatoms. The van der Waals surface area contributed by atoms with Crippen molar-refractivity contribution < 1.29 is 5.11 Å². The van der Waals surface area contributed by atoms with Crippen molar-refractivity contribution in [1.29, 1.82) is 0 Å². The molecule has 1 atom stereocenters. The van der Waals surface area contributed by atoms with Gasteiger partial charge in [0, 0.05) is 6.42 Å². The van der Waals surface area contributed by atoms with Gasteiger partial charge in [0.2, 0.25) is 0 Å². The molecule has 1 aliphatic rings. The topological polar surface area (TPSA) is 20.2 Å². The molecule has 0 amide bonds. The first-order chi connectivity index (χ1) is 9.23. The third kappa shape index (κ3) is 2.11. The second-order valence-corrected chi connectivity index (χ2v) is 5.18. The molecule has 2 aromatic carbocycles. The minimum Gasteiger partial charge on any atom is -0.385 e. The van der Waals surface area contributed by atoms with Crippen molar-refractivity contribution in [2.75, 3.05) is 0 Å². The molecule has 1 aliphatic carbocycles. The normalized spacial score (nSPS) is 21.2. The summed E-state index contributed by atoms with van der Waals surface area (Å²) in [6.07, 6.45) is 5.63. The standard InChI is InChI=1S/C18H18O/c1-2-18(19)13-16-9-4-3-7-14(16)11-12-15-8-5-6-10-17(15)18/h3-12,19H,2,13H2,1H3. The van der Waals surface area contributed by atoms with Crippen LogP contribution in [0.2, 0.25) is 0 Å². The van der Waals surface area contributed by atoms with E-state index >= 15 is 0 Å². The van der Waals surface area contributed by atoms with Crippen LogP contribution in [-0.4, -0.2) is 5.11 Å². The molecule has 1 N–H and O–H groups in total. The van der Waals surface area contributed by atoms with Gasteiger partial charge in [0.05, 0.1) is 5.60 Å². The Morgan fingerprint density at radius 3 is 2.37 bits per heavy atom. The Bertz CT molecular complexity index is 627. The summed E-state index contributed by atoms with van der Waals surface area (Å²) in [6.45, 7) is 2.05. The molecule has 1 unspecified atom stereocenters. The SMILES string of the molecule is CCC1(O)Cc2ccccc2C=Cc2ccccc21. The van der Waals surface area contributed by atoms with Crippen molar-refractivity contribution >= 4 is 12.2 Å². The van der Waals surface area contributed by atoms with Crippen molar-refractivity contribution in [3.8, 4) is 0 Å². The molecule has 0 saturated heterocycles. The van der Waals surface area contributed by atoms with Crippen LogP contribution in [0.3, 0.4) is 0 Å². The van der Waals surface area contributed by atoms with Gasteiger partial charge in [-0.05, 0) is 28.7 Å². The van der Waals surface area contributed by atoms with E-state index in [4.69, 9.17) is 0 Å². The Morgan fingerprint density at radius 1 is 0.947 bits per heavy atom. The van der Waals surface area contributed by atoms with E-state index in [9.17, 15) is 5.11 Å². The van der Waals surface area contributed by atoms with Gasteiger partial charge in [-0.3, -0.25) is 0 Å². The number of hydrogen-bond acceptors (Lipinski definition) is 1. The Kier molecular flexibility index (Phi) is 3.00. The summed E-state index contributed by atoms with van der Waals surface area (Å²) in [5.41, 5.74) is 3.77. The lowest BCUT2D eigenvalue weighted by Gasteiger charge is -2.31. The van der Waals surface area contributed by atoms with Crippen LogP contribution in [0.25, 0.3) is 12.2 Å². The zero-order valence-corrected chi connectivity index (χ0v) is 11.1. The highest BCUT2D eigenvalue weighted by atomic mass is 16.3. The Balaban J connectivity index is 2.23. The molecule has 0 aliphatic heterocycles. The molecule has 0 spiro atoms. The summed E-state index contributed by atoms with van der Waals surface area (Å²) < 4.78 is 0. The van der Waals surface area contributed by atoms with Crippen molar-refractivity contribution in [3.63, 3.8) is 0 Å².